The molecule has 86 valence electrons. The molecule has 1 N–H and O–H groups in total. The first-order chi connectivity index (χ1) is 8.31. The van der Waals surface area contributed by atoms with Gasteiger partial charge in [0.2, 0.25) is 0 Å². The summed E-state index contributed by atoms with van der Waals surface area (Å²) in [5.41, 5.74) is 5.07. The third-order valence-electron chi connectivity index (χ3n) is 2.57. The van der Waals surface area contributed by atoms with Gasteiger partial charge in [0.15, 0.2) is 0 Å². The van der Waals surface area contributed by atoms with E-state index in [4.69, 9.17) is 0 Å². The van der Waals surface area contributed by atoms with Gasteiger partial charge in [0.05, 0.1) is 28.0 Å². The molecule has 0 atom stereocenters. The number of hydrogen-bond donors (Lipinski definition) is 1. The molecule has 5 heteroatoms. The van der Waals surface area contributed by atoms with Gasteiger partial charge in [0.1, 0.15) is 0 Å². The minimum atomic E-state index is 0.741. The fraction of sp³-hybridized carbons (Fsp3) is 0.167. The van der Waals surface area contributed by atoms with Crippen LogP contribution in [0, 0.1) is 0 Å². The molecule has 2 aromatic heterocycles. The van der Waals surface area contributed by atoms with Crippen LogP contribution in [0.1, 0.15) is 5.69 Å². The Labute approximate surface area is 103 Å². The predicted molar refractivity (Wildman–Crippen MR) is 70.2 cm³/mol. The molecular formula is C12H12N4S. The van der Waals surface area contributed by atoms with Crippen LogP contribution in [0.3, 0.4) is 0 Å². The predicted octanol–water partition coefficient (Wildman–Crippen LogP) is 2.64. The van der Waals surface area contributed by atoms with Gasteiger partial charge in [-0.15, -0.1) is 11.3 Å². The normalized spacial score (nSPS) is 10.9. The lowest BCUT2D eigenvalue weighted by Gasteiger charge is -2.03. The Morgan fingerprint density at radius 2 is 2.29 bits per heavy atom. The summed E-state index contributed by atoms with van der Waals surface area (Å²) in [7, 11) is 1.92. The number of thiazole rings is 1. The fourth-order valence-corrected chi connectivity index (χ4v) is 2.43. The lowest BCUT2D eigenvalue weighted by molar-refractivity contribution is 0.747. The number of hydrogen-bond acceptors (Lipinski definition) is 4. The summed E-state index contributed by atoms with van der Waals surface area (Å²) in [6.45, 7) is 0.741. The van der Waals surface area contributed by atoms with Crippen molar-refractivity contribution < 1.29 is 0 Å². The zero-order chi connectivity index (χ0) is 11.7. The average molecular weight is 244 g/mol. The summed E-state index contributed by atoms with van der Waals surface area (Å²) in [4.78, 5) is 4.26. The van der Waals surface area contributed by atoms with Gasteiger partial charge in [-0.2, -0.15) is 5.10 Å². The Kier molecular flexibility index (Phi) is 2.53. The van der Waals surface area contributed by atoms with Crippen molar-refractivity contribution in [2.45, 2.75) is 6.54 Å². The third kappa shape index (κ3) is 2.14. The standard InChI is InChI=1S/C12H12N4S/c1-16-5-4-10(15-16)7-13-9-2-3-11-12(6-9)17-8-14-11/h2-6,8,13H,7H2,1H3. The van der Waals surface area contributed by atoms with Gasteiger partial charge in [-0.05, 0) is 24.3 Å². The van der Waals surface area contributed by atoms with E-state index in [1.807, 2.05) is 41.6 Å². The second kappa shape index (κ2) is 4.18. The molecule has 0 saturated heterocycles. The number of aryl methyl sites for hydroxylation is 1. The number of nitrogens with zero attached hydrogens (tertiary/aromatic N) is 3. The van der Waals surface area contributed by atoms with Crippen LogP contribution in [0.5, 0.6) is 0 Å². The molecule has 0 aliphatic rings. The van der Waals surface area contributed by atoms with Crippen molar-refractivity contribution in [2.24, 2.45) is 7.05 Å². The van der Waals surface area contributed by atoms with E-state index in [0.717, 1.165) is 23.4 Å². The molecule has 4 nitrogen and oxygen atoms in total. The molecular weight excluding hydrogens is 232 g/mol. The molecule has 0 saturated carbocycles. The van der Waals surface area contributed by atoms with Gasteiger partial charge < -0.3 is 5.32 Å². The maximum atomic E-state index is 4.32. The highest BCUT2D eigenvalue weighted by atomic mass is 32.1. The van der Waals surface area contributed by atoms with Gasteiger partial charge in [-0.3, -0.25) is 4.68 Å². The molecule has 0 fully saturated rings. The smallest absolute Gasteiger partial charge is 0.0815 e. The summed E-state index contributed by atoms with van der Waals surface area (Å²) < 4.78 is 3.01. The van der Waals surface area contributed by atoms with E-state index in [1.165, 1.54) is 4.70 Å². The molecule has 3 aromatic rings. The van der Waals surface area contributed by atoms with Crippen LogP contribution < -0.4 is 5.32 Å². The summed E-state index contributed by atoms with van der Waals surface area (Å²) in [6, 6.07) is 8.21. The molecule has 2 heterocycles. The first kappa shape index (κ1) is 10.3. The highest BCUT2D eigenvalue weighted by Gasteiger charge is 2.00. The number of anilines is 1. The van der Waals surface area contributed by atoms with Crippen LogP contribution in [-0.4, -0.2) is 14.8 Å². The van der Waals surface area contributed by atoms with Crippen LogP contribution in [0.4, 0.5) is 5.69 Å². The summed E-state index contributed by atoms with van der Waals surface area (Å²) in [5, 5.41) is 7.68. The maximum Gasteiger partial charge on any atom is 0.0815 e. The minimum absolute atomic E-state index is 0.741. The number of aromatic nitrogens is 3. The monoisotopic (exact) mass is 244 g/mol. The molecule has 0 bridgehead atoms. The fourth-order valence-electron chi connectivity index (χ4n) is 1.72. The largest absolute Gasteiger partial charge is 0.379 e. The van der Waals surface area contributed by atoms with Crippen molar-refractivity contribution in [3.63, 3.8) is 0 Å². The van der Waals surface area contributed by atoms with Crippen molar-refractivity contribution in [1.29, 1.82) is 0 Å². The lowest BCUT2D eigenvalue weighted by atomic mass is 10.3. The Balaban J connectivity index is 1.76. The van der Waals surface area contributed by atoms with Crippen molar-refractivity contribution in [3.05, 3.63) is 41.7 Å². The van der Waals surface area contributed by atoms with E-state index >= 15 is 0 Å². The Bertz CT molecular complexity index is 641. The molecule has 0 spiro atoms. The lowest BCUT2D eigenvalue weighted by Crippen LogP contribution is -2.00. The molecule has 3 rings (SSSR count). The van der Waals surface area contributed by atoms with Gasteiger partial charge in [0, 0.05) is 18.9 Å². The molecule has 0 aliphatic carbocycles. The summed E-state index contributed by atoms with van der Waals surface area (Å²) in [6.07, 6.45) is 1.95. The number of fused-ring (bicyclic) bond motifs is 1. The van der Waals surface area contributed by atoms with Crippen LogP contribution in [0.25, 0.3) is 10.2 Å². The number of benzene rings is 1. The topological polar surface area (TPSA) is 42.7 Å². The van der Waals surface area contributed by atoms with Gasteiger partial charge in [-0.25, -0.2) is 4.98 Å². The van der Waals surface area contributed by atoms with E-state index in [-0.39, 0.29) is 0 Å². The molecule has 0 radical (unpaired) electrons. The molecule has 17 heavy (non-hydrogen) atoms. The van der Waals surface area contributed by atoms with Crippen LogP contribution in [-0.2, 0) is 13.6 Å². The molecule has 0 unspecified atom stereocenters. The second-order valence-electron chi connectivity index (χ2n) is 3.87. The van der Waals surface area contributed by atoms with Crippen LogP contribution in [0.15, 0.2) is 36.0 Å². The van der Waals surface area contributed by atoms with E-state index < -0.39 is 0 Å². The number of nitrogens with one attached hydrogen (secondary N) is 1. The highest BCUT2D eigenvalue weighted by molar-refractivity contribution is 7.16. The third-order valence-corrected chi connectivity index (χ3v) is 3.37. The molecule has 0 aliphatic heterocycles. The maximum absolute atomic E-state index is 4.32. The van der Waals surface area contributed by atoms with Crippen molar-refractivity contribution in [3.8, 4) is 0 Å². The van der Waals surface area contributed by atoms with E-state index in [2.05, 4.69) is 21.5 Å². The molecule has 1 aromatic carbocycles. The number of rotatable bonds is 3. The zero-order valence-electron chi connectivity index (χ0n) is 9.42. The van der Waals surface area contributed by atoms with Gasteiger partial charge in [-0.1, -0.05) is 0 Å². The Morgan fingerprint density at radius 1 is 1.35 bits per heavy atom. The van der Waals surface area contributed by atoms with Crippen molar-refractivity contribution >= 4 is 27.2 Å². The zero-order valence-corrected chi connectivity index (χ0v) is 10.2. The van der Waals surface area contributed by atoms with Crippen LogP contribution in [0.2, 0.25) is 0 Å². The first-order valence-electron chi connectivity index (χ1n) is 5.37. The van der Waals surface area contributed by atoms with Crippen molar-refractivity contribution in [1.82, 2.24) is 14.8 Å². The van der Waals surface area contributed by atoms with Crippen molar-refractivity contribution in [2.75, 3.05) is 5.32 Å². The summed E-state index contributed by atoms with van der Waals surface area (Å²) >= 11 is 1.66. The SMILES string of the molecule is Cn1ccc(CNc2ccc3ncsc3c2)n1. The summed E-state index contributed by atoms with van der Waals surface area (Å²) in [5.74, 6) is 0. The second-order valence-corrected chi connectivity index (χ2v) is 4.76. The Morgan fingerprint density at radius 3 is 3.12 bits per heavy atom. The first-order valence-corrected chi connectivity index (χ1v) is 6.25. The molecule has 0 amide bonds. The van der Waals surface area contributed by atoms with E-state index in [0.29, 0.717) is 0 Å². The van der Waals surface area contributed by atoms with E-state index in [1.54, 1.807) is 11.3 Å². The van der Waals surface area contributed by atoms with Gasteiger partial charge in [0.25, 0.3) is 0 Å². The minimum Gasteiger partial charge on any atom is -0.379 e. The Hall–Kier alpha value is -1.88. The highest BCUT2D eigenvalue weighted by Crippen LogP contribution is 2.21. The quantitative estimate of drug-likeness (QED) is 0.770. The van der Waals surface area contributed by atoms with E-state index in [9.17, 15) is 0 Å². The van der Waals surface area contributed by atoms with Gasteiger partial charge >= 0.3 is 0 Å². The van der Waals surface area contributed by atoms with Crippen LogP contribution >= 0.6 is 11.3 Å². The average Bonchev–Trinajstić information content (AvgIpc) is 2.94.